The van der Waals surface area contributed by atoms with E-state index in [4.69, 9.17) is 9.47 Å². The quantitative estimate of drug-likeness (QED) is 0.501. The number of rotatable bonds is 2. The summed E-state index contributed by atoms with van der Waals surface area (Å²) in [6.07, 6.45) is 6.76. The van der Waals surface area contributed by atoms with Crippen LogP contribution in [0.5, 0.6) is 0 Å². The van der Waals surface area contributed by atoms with Crippen LogP contribution in [0, 0.1) is 17.8 Å². The molecule has 0 spiro atoms. The predicted molar refractivity (Wildman–Crippen MR) is 118 cm³/mol. The number of carbonyl (C=O) groups excluding carboxylic acids is 2. The number of cyclic esters (lactones) is 1. The van der Waals surface area contributed by atoms with Gasteiger partial charge in [-0.15, -0.1) is 0 Å². The molecule has 5 nitrogen and oxygen atoms in total. The first-order valence-electron chi connectivity index (χ1n) is 12.0. The lowest BCUT2D eigenvalue weighted by molar-refractivity contribution is -0.154. The van der Waals surface area contributed by atoms with Crippen LogP contribution in [0.1, 0.15) is 91.9 Å². The highest BCUT2D eigenvalue weighted by Gasteiger charge is 2.35. The van der Waals surface area contributed by atoms with E-state index < -0.39 is 6.10 Å². The second-order valence-electron chi connectivity index (χ2n) is 9.76. The van der Waals surface area contributed by atoms with Gasteiger partial charge in [-0.25, -0.2) is 0 Å². The number of aliphatic hydroxyl groups excluding tert-OH is 1. The fourth-order valence-electron chi connectivity index (χ4n) is 4.86. The third-order valence-electron chi connectivity index (χ3n) is 6.72. The van der Waals surface area contributed by atoms with Gasteiger partial charge in [-0.1, -0.05) is 59.1 Å². The van der Waals surface area contributed by atoms with Crippen LogP contribution < -0.4 is 0 Å². The Balaban J connectivity index is 2.09. The minimum Gasteiger partial charge on any atom is -0.462 e. The molecule has 2 aliphatic rings. The predicted octanol–water partition coefficient (Wildman–Crippen LogP) is 4.99. The van der Waals surface area contributed by atoms with Crippen LogP contribution in [0.25, 0.3) is 0 Å². The molecule has 0 saturated carbocycles. The van der Waals surface area contributed by atoms with Crippen molar-refractivity contribution in [2.24, 2.45) is 17.8 Å². The molecule has 30 heavy (non-hydrogen) atoms. The molecular weight excluding hydrogens is 380 g/mol. The topological polar surface area (TPSA) is 72.8 Å². The fourth-order valence-corrected chi connectivity index (χ4v) is 4.86. The van der Waals surface area contributed by atoms with Crippen molar-refractivity contribution in [1.82, 2.24) is 0 Å². The fraction of sp³-hybridized carbons (Fsp3) is 0.840. The minimum atomic E-state index is -0.993. The van der Waals surface area contributed by atoms with Crippen LogP contribution in [0.4, 0.5) is 0 Å². The molecule has 0 aromatic carbocycles. The van der Waals surface area contributed by atoms with Crippen LogP contribution in [-0.2, 0) is 19.1 Å². The molecule has 2 saturated heterocycles. The maximum atomic E-state index is 12.7. The number of Topliss-reactive ketones (excluding diaryl/α,β-unsaturated/α-hetero) is 1. The molecule has 0 aromatic rings. The first-order chi connectivity index (χ1) is 14.2. The van der Waals surface area contributed by atoms with Gasteiger partial charge in [0, 0.05) is 18.8 Å². The van der Waals surface area contributed by atoms with Gasteiger partial charge < -0.3 is 14.6 Å². The molecule has 2 rings (SSSR count). The van der Waals surface area contributed by atoms with Crippen LogP contribution in [0.15, 0.2) is 12.2 Å². The molecule has 0 aliphatic carbocycles. The number of carbonyl (C=O) groups is 2. The Morgan fingerprint density at radius 3 is 2.43 bits per heavy atom. The molecule has 172 valence electrons. The lowest BCUT2D eigenvalue weighted by Crippen LogP contribution is -2.31. The number of esters is 1. The number of aliphatic hydroxyl groups is 1. The number of fused-ring (bicyclic) bond motifs is 2. The molecule has 0 amide bonds. The third kappa shape index (κ3) is 7.49. The third-order valence-corrected chi connectivity index (χ3v) is 6.72. The van der Waals surface area contributed by atoms with Gasteiger partial charge in [0.15, 0.2) is 5.78 Å². The number of ketones is 1. The standard InChI is InChI=1S/C25H42O5/c1-6-9-20-13-16(2)12-19(5)24(27)22(26)15-21-14-18(4)23(29-21)11-8-7-10-17(3)25(28)30-20/h17-23,26H,2,6-15H2,1,3-5H3/t17-,18-,19+,20+,21+,22-,23-/m0/s1. The zero-order chi connectivity index (χ0) is 22.3. The van der Waals surface area contributed by atoms with Crippen molar-refractivity contribution in [3.8, 4) is 0 Å². The maximum Gasteiger partial charge on any atom is 0.308 e. The molecule has 5 heteroatoms. The minimum absolute atomic E-state index is 0.0546. The first-order valence-corrected chi connectivity index (χ1v) is 12.0. The summed E-state index contributed by atoms with van der Waals surface area (Å²) >= 11 is 0. The van der Waals surface area contributed by atoms with Gasteiger partial charge >= 0.3 is 5.97 Å². The van der Waals surface area contributed by atoms with Crippen molar-refractivity contribution in [3.05, 3.63) is 12.2 Å². The van der Waals surface area contributed by atoms with E-state index in [1.54, 1.807) is 0 Å². The number of hydrogen-bond donors (Lipinski definition) is 1. The van der Waals surface area contributed by atoms with Crippen molar-refractivity contribution in [2.45, 2.75) is 116 Å². The first kappa shape index (κ1) is 25.1. The lowest BCUT2D eigenvalue weighted by atomic mass is 9.89. The van der Waals surface area contributed by atoms with Crippen LogP contribution >= 0.6 is 0 Å². The molecule has 0 radical (unpaired) electrons. The Bertz CT molecular complexity index is 586. The molecule has 2 aliphatic heterocycles. The van der Waals surface area contributed by atoms with E-state index in [0.29, 0.717) is 25.2 Å². The van der Waals surface area contributed by atoms with E-state index in [0.717, 1.165) is 50.5 Å². The van der Waals surface area contributed by atoms with Crippen molar-refractivity contribution in [1.29, 1.82) is 0 Å². The van der Waals surface area contributed by atoms with Gasteiger partial charge in [0.25, 0.3) is 0 Å². The van der Waals surface area contributed by atoms with Crippen LogP contribution in [-0.4, -0.2) is 41.3 Å². The summed E-state index contributed by atoms with van der Waals surface area (Å²) in [5, 5.41) is 10.5. The van der Waals surface area contributed by atoms with E-state index in [1.807, 2.05) is 13.8 Å². The van der Waals surface area contributed by atoms with E-state index in [9.17, 15) is 14.7 Å². The monoisotopic (exact) mass is 422 g/mol. The normalized spacial score (nSPS) is 38.0. The Kier molecular flexibility index (Phi) is 10.0. The van der Waals surface area contributed by atoms with Gasteiger partial charge in [0.05, 0.1) is 18.1 Å². The zero-order valence-electron chi connectivity index (χ0n) is 19.4. The molecular formula is C25H42O5. The molecule has 2 fully saturated rings. The van der Waals surface area contributed by atoms with Crippen molar-refractivity contribution >= 4 is 11.8 Å². The maximum absolute atomic E-state index is 12.7. The highest BCUT2D eigenvalue weighted by atomic mass is 16.5. The SMILES string of the molecule is C=C1C[C@@H](CCC)OC(=O)[C@@H](C)CCCC[C@@H]2O[C@@H](C[C@H](O)C(=O)[C@H](C)C1)C[C@@H]2C. The Hall–Kier alpha value is -1.20. The Labute approximate surface area is 182 Å². The van der Waals surface area contributed by atoms with Gasteiger partial charge in [-0.05, 0) is 38.0 Å². The Morgan fingerprint density at radius 2 is 1.73 bits per heavy atom. The summed E-state index contributed by atoms with van der Waals surface area (Å²) in [5.41, 5.74) is 0.897. The highest BCUT2D eigenvalue weighted by Crippen LogP contribution is 2.33. The molecule has 7 atom stereocenters. The second kappa shape index (κ2) is 12.0. The smallest absolute Gasteiger partial charge is 0.308 e. The van der Waals surface area contributed by atoms with Crippen molar-refractivity contribution in [3.63, 3.8) is 0 Å². The van der Waals surface area contributed by atoms with Crippen molar-refractivity contribution < 1.29 is 24.2 Å². The second-order valence-corrected chi connectivity index (χ2v) is 9.76. The lowest BCUT2D eigenvalue weighted by Gasteiger charge is -2.23. The van der Waals surface area contributed by atoms with Crippen molar-refractivity contribution in [2.75, 3.05) is 0 Å². The van der Waals surface area contributed by atoms with E-state index in [-0.39, 0.29) is 41.9 Å². The average Bonchev–Trinajstić information content (AvgIpc) is 3.02. The summed E-state index contributed by atoms with van der Waals surface area (Å²) in [4.78, 5) is 25.3. The largest absolute Gasteiger partial charge is 0.462 e. The summed E-state index contributed by atoms with van der Waals surface area (Å²) in [6, 6.07) is 0. The summed E-state index contributed by atoms with van der Waals surface area (Å²) in [6.45, 7) is 12.2. The van der Waals surface area contributed by atoms with Gasteiger partial charge in [-0.3, -0.25) is 9.59 Å². The molecule has 0 unspecified atom stereocenters. The molecule has 1 N–H and O–H groups in total. The zero-order valence-corrected chi connectivity index (χ0v) is 19.4. The summed E-state index contributed by atoms with van der Waals surface area (Å²) < 4.78 is 12.0. The average molecular weight is 423 g/mol. The van der Waals surface area contributed by atoms with E-state index >= 15 is 0 Å². The Morgan fingerprint density at radius 1 is 1.03 bits per heavy atom. The molecule has 2 bridgehead atoms. The number of ether oxygens (including phenoxy) is 2. The summed E-state index contributed by atoms with van der Waals surface area (Å²) in [7, 11) is 0. The van der Waals surface area contributed by atoms with E-state index in [1.165, 1.54) is 0 Å². The molecule has 2 heterocycles. The summed E-state index contributed by atoms with van der Waals surface area (Å²) in [5.74, 6) is -0.268. The van der Waals surface area contributed by atoms with E-state index in [2.05, 4.69) is 20.4 Å². The van der Waals surface area contributed by atoms with Gasteiger partial charge in [0.1, 0.15) is 12.2 Å². The number of hydrogen-bond acceptors (Lipinski definition) is 5. The van der Waals surface area contributed by atoms with Crippen LogP contribution in [0.2, 0.25) is 0 Å². The van der Waals surface area contributed by atoms with Gasteiger partial charge in [-0.2, -0.15) is 0 Å². The van der Waals surface area contributed by atoms with Crippen LogP contribution in [0.3, 0.4) is 0 Å². The highest BCUT2D eigenvalue weighted by molar-refractivity contribution is 5.85. The van der Waals surface area contributed by atoms with Gasteiger partial charge in [0.2, 0.25) is 0 Å². The molecule has 0 aromatic heterocycles.